The predicted molar refractivity (Wildman–Crippen MR) is 129 cm³/mol. The maximum atomic E-state index is 6.82. The molecule has 0 bridgehead atoms. The first kappa shape index (κ1) is 19.6. The number of para-hydroxylation sites is 1. The van der Waals surface area contributed by atoms with E-state index in [9.17, 15) is 0 Å². The van der Waals surface area contributed by atoms with Crippen molar-refractivity contribution in [2.75, 3.05) is 0 Å². The molecular formula is C29H30N2O. The van der Waals surface area contributed by atoms with Crippen molar-refractivity contribution in [2.45, 2.75) is 63.6 Å². The maximum Gasteiger partial charge on any atom is 0.198 e. The highest BCUT2D eigenvalue weighted by atomic mass is 16.5. The zero-order valence-corrected chi connectivity index (χ0v) is 18.9. The number of ether oxygens (including phenoxy) is 1. The van der Waals surface area contributed by atoms with Gasteiger partial charge in [0.2, 0.25) is 0 Å². The van der Waals surface area contributed by atoms with Crippen molar-refractivity contribution >= 4 is 5.71 Å². The van der Waals surface area contributed by atoms with Gasteiger partial charge in [0.05, 0.1) is 11.8 Å². The molecule has 1 atom stereocenters. The fourth-order valence-corrected chi connectivity index (χ4v) is 5.90. The molecular weight excluding hydrogens is 392 g/mol. The lowest BCUT2D eigenvalue weighted by atomic mass is 9.78. The van der Waals surface area contributed by atoms with Gasteiger partial charge < -0.3 is 4.74 Å². The smallest absolute Gasteiger partial charge is 0.198 e. The Kier molecular flexibility index (Phi) is 4.60. The second-order valence-electron chi connectivity index (χ2n) is 9.70. The molecule has 1 spiro atoms. The fourth-order valence-electron chi connectivity index (χ4n) is 5.90. The second kappa shape index (κ2) is 7.51. The van der Waals surface area contributed by atoms with Crippen LogP contribution < -0.4 is 4.74 Å². The molecule has 1 fully saturated rings. The monoisotopic (exact) mass is 422 g/mol. The van der Waals surface area contributed by atoms with Crippen LogP contribution in [0.15, 0.2) is 77.9 Å². The third kappa shape index (κ3) is 3.14. The van der Waals surface area contributed by atoms with Crippen LogP contribution in [0.5, 0.6) is 5.75 Å². The summed E-state index contributed by atoms with van der Waals surface area (Å²) in [4.78, 5) is 0. The van der Waals surface area contributed by atoms with Crippen molar-refractivity contribution in [2.24, 2.45) is 5.10 Å². The number of fused-ring (bicyclic) bond motifs is 4. The molecule has 6 rings (SSSR count). The highest BCUT2D eigenvalue weighted by molar-refractivity contribution is 6.03. The first-order chi connectivity index (χ1) is 15.6. The van der Waals surface area contributed by atoms with Gasteiger partial charge in [0.15, 0.2) is 5.72 Å². The van der Waals surface area contributed by atoms with Crippen LogP contribution >= 0.6 is 0 Å². The van der Waals surface area contributed by atoms with Gasteiger partial charge in [0, 0.05) is 30.4 Å². The second-order valence-corrected chi connectivity index (χ2v) is 9.70. The molecule has 0 saturated heterocycles. The van der Waals surface area contributed by atoms with Crippen LogP contribution in [0.2, 0.25) is 0 Å². The molecule has 2 heterocycles. The van der Waals surface area contributed by atoms with E-state index in [0.717, 1.165) is 37.9 Å². The van der Waals surface area contributed by atoms with E-state index in [1.807, 2.05) is 0 Å². The van der Waals surface area contributed by atoms with Crippen LogP contribution in [0.25, 0.3) is 0 Å². The number of benzene rings is 3. The largest absolute Gasteiger partial charge is 0.466 e. The molecule has 1 aliphatic carbocycles. The van der Waals surface area contributed by atoms with Crippen LogP contribution in [0.4, 0.5) is 0 Å². The average molecular weight is 423 g/mol. The quantitative estimate of drug-likeness (QED) is 0.449. The van der Waals surface area contributed by atoms with E-state index in [1.54, 1.807) is 0 Å². The molecule has 0 aromatic heterocycles. The Morgan fingerprint density at radius 2 is 1.66 bits per heavy atom. The summed E-state index contributed by atoms with van der Waals surface area (Å²) in [6.45, 7) is 4.36. The van der Waals surface area contributed by atoms with Crippen LogP contribution in [-0.2, 0) is 0 Å². The Labute approximate surface area is 190 Å². The first-order valence-corrected chi connectivity index (χ1v) is 11.9. The number of nitrogens with zero attached hydrogens (tertiary/aromatic N) is 2. The lowest BCUT2D eigenvalue weighted by molar-refractivity contribution is -0.142. The van der Waals surface area contributed by atoms with Gasteiger partial charge in [-0.05, 0) is 55.9 Å². The summed E-state index contributed by atoms with van der Waals surface area (Å²) in [5.74, 6) is 1.65. The maximum absolute atomic E-state index is 6.82. The number of aryl methyl sites for hydroxylation is 2. The number of hydrogen-bond acceptors (Lipinski definition) is 3. The Morgan fingerprint density at radius 3 is 2.47 bits per heavy atom. The summed E-state index contributed by atoms with van der Waals surface area (Å²) >= 11 is 0. The Hall–Kier alpha value is -3.07. The van der Waals surface area contributed by atoms with E-state index >= 15 is 0 Å². The van der Waals surface area contributed by atoms with Crippen molar-refractivity contribution in [3.05, 3.63) is 101 Å². The molecule has 32 heavy (non-hydrogen) atoms. The van der Waals surface area contributed by atoms with E-state index in [-0.39, 0.29) is 11.8 Å². The van der Waals surface area contributed by atoms with Gasteiger partial charge in [-0.15, -0.1) is 0 Å². The SMILES string of the molecule is Cc1ccc(C)c(C2=NN3C(C2)c2ccccc2OC32CCC(c3ccccc3)CC2)c1. The van der Waals surface area contributed by atoms with Gasteiger partial charge in [-0.1, -0.05) is 66.2 Å². The number of hydrogen-bond donors (Lipinski definition) is 0. The number of hydrazone groups is 1. The minimum Gasteiger partial charge on any atom is -0.466 e. The van der Waals surface area contributed by atoms with E-state index < -0.39 is 0 Å². The fraction of sp³-hybridized carbons (Fsp3) is 0.345. The Balaban J connectivity index is 1.37. The summed E-state index contributed by atoms with van der Waals surface area (Å²) in [6.07, 6.45) is 5.20. The van der Waals surface area contributed by atoms with Gasteiger partial charge in [-0.3, -0.25) is 0 Å². The minimum absolute atomic E-state index is 0.253. The molecule has 0 N–H and O–H groups in total. The highest BCUT2D eigenvalue weighted by Gasteiger charge is 2.52. The third-order valence-corrected chi connectivity index (χ3v) is 7.65. The topological polar surface area (TPSA) is 24.8 Å². The molecule has 3 aliphatic rings. The third-order valence-electron chi connectivity index (χ3n) is 7.65. The van der Waals surface area contributed by atoms with Crippen molar-refractivity contribution < 1.29 is 4.74 Å². The first-order valence-electron chi connectivity index (χ1n) is 11.9. The zero-order chi connectivity index (χ0) is 21.7. The molecule has 2 aliphatic heterocycles. The molecule has 1 unspecified atom stereocenters. The molecule has 3 aromatic carbocycles. The number of rotatable bonds is 2. The Morgan fingerprint density at radius 1 is 0.906 bits per heavy atom. The molecule has 3 aromatic rings. The van der Waals surface area contributed by atoms with E-state index in [1.165, 1.54) is 33.5 Å². The standard InChI is InChI=1S/C29H30N2O/c1-20-12-13-21(2)25(18-20)26-19-27-24-10-6-7-11-28(24)32-29(31(27)30-26)16-14-23(15-17-29)22-8-4-3-5-9-22/h3-13,18,23,27H,14-17,19H2,1-2H3. The lowest BCUT2D eigenvalue weighted by Crippen LogP contribution is -2.55. The van der Waals surface area contributed by atoms with Crippen LogP contribution in [0.1, 0.15) is 71.9 Å². The van der Waals surface area contributed by atoms with Gasteiger partial charge >= 0.3 is 0 Å². The van der Waals surface area contributed by atoms with Crippen LogP contribution in [0, 0.1) is 13.8 Å². The van der Waals surface area contributed by atoms with Gasteiger partial charge in [-0.25, -0.2) is 5.01 Å². The van der Waals surface area contributed by atoms with Crippen molar-refractivity contribution in [3.63, 3.8) is 0 Å². The molecule has 1 saturated carbocycles. The molecule has 0 amide bonds. The van der Waals surface area contributed by atoms with Crippen molar-refractivity contribution in [1.29, 1.82) is 0 Å². The van der Waals surface area contributed by atoms with E-state index in [4.69, 9.17) is 9.84 Å². The van der Waals surface area contributed by atoms with Gasteiger partial charge in [0.1, 0.15) is 5.75 Å². The zero-order valence-electron chi connectivity index (χ0n) is 18.9. The summed E-state index contributed by atoms with van der Waals surface area (Å²) in [5.41, 5.74) is 7.44. The Bertz CT molecular complexity index is 1170. The normalized spacial score (nSPS) is 26.3. The molecule has 3 heteroatoms. The summed E-state index contributed by atoms with van der Waals surface area (Å²) in [7, 11) is 0. The summed E-state index contributed by atoms with van der Waals surface area (Å²) in [5, 5.41) is 7.62. The summed E-state index contributed by atoms with van der Waals surface area (Å²) in [6, 6.07) is 26.5. The van der Waals surface area contributed by atoms with Gasteiger partial charge in [-0.2, -0.15) is 5.10 Å². The predicted octanol–water partition coefficient (Wildman–Crippen LogP) is 6.90. The van der Waals surface area contributed by atoms with Crippen LogP contribution in [-0.4, -0.2) is 16.4 Å². The molecule has 0 radical (unpaired) electrons. The highest BCUT2D eigenvalue weighted by Crippen LogP contribution is 2.53. The average Bonchev–Trinajstić information content (AvgIpc) is 3.29. The van der Waals surface area contributed by atoms with E-state index in [2.05, 4.69) is 91.7 Å². The van der Waals surface area contributed by atoms with Crippen LogP contribution in [0.3, 0.4) is 0 Å². The summed E-state index contributed by atoms with van der Waals surface area (Å²) < 4.78 is 6.82. The van der Waals surface area contributed by atoms with Crippen molar-refractivity contribution in [1.82, 2.24) is 5.01 Å². The van der Waals surface area contributed by atoms with Gasteiger partial charge in [0.25, 0.3) is 0 Å². The van der Waals surface area contributed by atoms with E-state index in [0.29, 0.717) is 5.92 Å². The molecule has 3 nitrogen and oxygen atoms in total. The molecule has 162 valence electrons. The minimum atomic E-state index is -0.343. The van der Waals surface area contributed by atoms with Crippen molar-refractivity contribution in [3.8, 4) is 5.75 Å². The lowest BCUT2D eigenvalue weighted by Gasteiger charge is -2.50.